The molecule has 3 rings (SSSR count). The van der Waals surface area contributed by atoms with Crippen LogP contribution in [0.4, 0.5) is 0 Å². The molecule has 0 amide bonds. The molecule has 0 bridgehead atoms. The summed E-state index contributed by atoms with van der Waals surface area (Å²) in [6.45, 7) is 3.39. The monoisotopic (exact) mass is 253 g/mol. The third kappa shape index (κ3) is 2.82. The van der Waals surface area contributed by atoms with Crippen molar-refractivity contribution < 1.29 is 0 Å². The molecule has 0 heterocycles. The second-order valence-electron chi connectivity index (χ2n) is 5.89. The Kier molecular flexibility index (Phi) is 3.84. The second-order valence-corrected chi connectivity index (χ2v) is 5.89. The zero-order valence-electron chi connectivity index (χ0n) is 11.7. The van der Waals surface area contributed by atoms with E-state index in [0.717, 1.165) is 12.5 Å². The summed E-state index contributed by atoms with van der Waals surface area (Å²) >= 11 is 0. The molecule has 0 aliphatic heterocycles. The van der Waals surface area contributed by atoms with Crippen LogP contribution in [0.1, 0.15) is 38.2 Å². The van der Waals surface area contributed by atoms with Gasteiger partial charge in [0.15, 0.2) is 0 Å². The first-order chi connectivity index (χ1) is 9.34. The van der Waals surface area contributed by atoms with Crippen molar-refractivity contribution in [1.29, 1.82) is 0 Å². The van der Waals surface area contributed by atoms with E-state index in [1.165, 1.54) is 42.0 Å². The van der Waals surface area contributed by atoms with Crippen molar-refractivity contribution >= 4 is 10.8 Å². The first-order valence-electron chi connectivity index (χ1n) is 7.54. The van der Waals surface area contributed by atoms with E-state index < -0.39 is 0 Å². The number of hydrogen-bond acceptors (Lipinski definition) is 1. The minimum Gasteiger partial charge on any atom is -0.310 e. The molecule has 1 saturated carbocycles. The maximum Gasteiger partial charge on any atom is 0.0214 e. The van der Waals surface area contributed by atoms with Gasteiger partial charge in [0.25, 0.3) is 0 Å². The third-order valence-electron chi connectivity index (χ3n) is 4.55. The van der Waals surface area contributed by atoms with E-state index in [2.05, 4.69) is 54.7 Å². The van der Waals surface area contributed by atoms with Gasteiger partial charge in [0.05, 0.1) is 0 Å². The van der Waals surface area contributed by atoms with Gasteiger partial charge < -0.3 is 5.32 Å². The Labute approximate surface area is 116 Å². The Bertz CT molecular complexity index is 541. The topological polar surface area (TPSA) is 12.0 Å². The molecule has 1 nitrogen and oxygen atoms in total. The van der Waals surface area contributed by atoms with E-state index in [1.54, 1.807) is 0 Å². The lowest BCUT2D eigenvalue weighted by molar-refractivity contribution is 0.279. The van der Waals surface area contributed by atoms with Crippen molar-refractivity contribution in [3.05, 3.63) is 48.0 Å². The molecule has 1 heteroatoms. The first kappa shape index (κ1) is 12.7. The van der Waals surface area contributed by atoms with Gasteiger partial charge in [0.1, 0.15) is 0 Å². The lowest BCUT2D eigenvalue weighted by Crippen LogP contribution is -2.36. The van der Waals surface area contributed by atoms with Crippen molar-refractivity contribution in [1.82, 2.24) is 5.32 Å². The normalized spacial score (nSPS) is 23.6. The number of hydrogen-bond donors (Lipinski definition) is 1. The molecule has 19 heavy (non-hydrogen) atoms. The Balaban J connectivity index is 1.74. The average Bonchev–Trinajstić information content (AvgIpc) is 2.46. The highest BCUT2D eigenvalue weighted by Gasteiger charge is 2.20. The lowest BCUT2D eigenvalue weighted by atomic mass is 9.86. The molecule has 0 radical (unpaired) electrons. The van der Waals surface area contributed by atoms with Crippen LogP contribution in [0.2, 0.25) is 0 Å². The van der Waals surface area contributed by atoms with Crippen LogP contribution < -0.4 is 5.32 Å². The summed E-state index contributed by atoms with van der Waals surface area (Å²) in [5.74, 6) is 0.823. The molecule has 2 unspecified atom stereocenters. The minimum absolute atomic E-state index is 0.702. The van der Waals surface area contributed by atoms with Gasteiger partial charge in [-0.25, -0.2) is 0 Å². The summed E-state index contributed by atoms with van der Waals surface area (Å²) in [5, 5.41) is 6.52. The first-order valence-corrected chi connectivity index (χ1v) is 7.54. The average molecular weight is 253 g/mol. The smallest absolute Gasteiger partial charge is 0.0214 e. The highest BCUT2D eigenvalue weighted by Crippen LogP contribution is 2.25. The fourth-order valence-electron chi connectivity index (χ4n) is 3.31. The van der Waals surface area contributed by atoms with Crippen molar-refractivity contribution in [2.75, 3.05) is 0 Å². The SMILES string of the molecule is CC1CCCCC1NCc1cccc2ccccc12. The summed E-state index contributed by atoms with van der Waals surface area (Å²) in [5.41, 5.74) is 1.43. The Morgan fingerprint density at radius 2 is 1.79 bits per heavy atom. The van der Waals surface area contributed by atoms with Crippen LogP contribution >= 0.6 is 0 Å². The fourth-order valence-corrected chi connectivity index (χ4v) is 3.31. The maximum absolute atomic E-state index is 3.78. The van der Waals surface area contributed by atoms with Crippen LogP contribution in [0.3, 0.4) is 0 Å². The Morgan fingerprint density at radius 3 is 2.68 bits per heavy atom. The quantitative estimate of drug-likeness (QED) is 0.848. The van der Waals surface area contributed by atoms with Gasteiger partial charge >= 0.3 is 0 Å². The van der Waals surface area contributed by atoms with Gasteiger partial charge in [-0.15, -0.1) is 0 Å². The van der Waals surface area contributed by atoms with Gasteiger partial charge in [-0.3, -0.25) is 0 Å². The molecule has 1 aliphatic rings. The third-order valence-corrected chi connectivity index (χ3v) is 4.55. The van der Waals surface area contributed by atoms with Crippen LogP contribution in [0, 0.1) is 5.92 Å². The largest absolute Gasteiger partial charge is 0.310 e. The zero-order valence-corrected chi connectivity index (χ0v) is 11.7. The van der Waals surface area contributed by atoms with Crippen molar-refractivity contribution in [3.63, 3.8) is 0 Å². The Morgan fingerprint density at radius 1 is 1.00 bits per heavy atom. The minimum atomic E-state index is 0.702. The molecule has 1 aliphatic carbocycles. The summed E-state index contributed by atoms with van der Waals surface area (Å²) in [4.78, 5) is 0. The van der Waals surface area contributed by atoms with E-state index in [1.807, 2.05) is 0 Å². The predicted molar refractivity (Wildman–Crippen MR) is 82.2 cm³/mol. The highest BCUT2D eigenvalue weighted by atomic mass is 14.9. The van der Waals surface area contributed by atoms with E-state index in [0.29, 0.717) is 6.04 Å². The Hall–Kier alpha value is -1.34. The molecule has 2 aromatic rings. The summed E-state index contributed by atoms with van der Waals surface area (Å²) in [6.07, 6.45) is 5.52. The number of benzene rings is 2. The molecular weight excluding hydrogens is 230 g/mol. The van der Waals surface area contributed by atoms with Crippen LogP contribution in [-0.4, -0.2) is 6.04 Å². The molecule has 2 atom stereocenters. The molecule has 2 aromatic carbocycles. The fraction of sp³-hybridized carbons (Fsp3) is 0.444. The van der Waals surface area contributed by atoms with E-state index in [-0.39, 0.29) is 0 Å². The number of rotatable bonds is 3. The van der Waals surface area contributed by atoms with E-state index in [4.69, 9.17) is 0 Å². The number of nitrogens with one attached hydrogen (secondary N) is 1. The molecule has 0 aromatic heterocycles. The molecule has 100 valence electrons. The summed E-state index contributed by atoms with van der Waals surface area (Å²) < 4.78 is 0. The van der Waals surface area contributed by atoms with Gasteiger partial charge in [-0.2, -0.15) is 0 Å². The molecule has 1 fully saturated rings. The van der Waals surface area contributed by atoms with Crippen LogP contribution in [0.5, 0.6) is 0 Å². The van der Waals surface area contributed by atoms with Crippen molar-refractivity contribution in [2.45, 2.75) is 45.2 Å². The molecule has 0 saturated heterocycles. The van der Waals surface area contributed by atoms with E-state index >= 15 is 0 Å². The second kappa shape index (κ2) is 5.75. The van der Waals surface area contributed by atoms with Gasteiger partial charge in [-0.05, 0) is 35.1 Å². The molecular formula is C18H23N. The van der Waals surface area contributed by atoms with Gasteiger partial charge in [0.2, 0.25) is 0 Å². The summed E-state index contributed by atoms with van der Waals surface area (Å²) in [6, 6.07) is 16.0. The lowest BCUT2D eigenvalue weighted by Gasteiger charge is -2.29. The van der Waals surface area contributed by atoms with E-state index in [9.17, 15) is 0 Å². The van der Waals surface area contributed by atoms with Gasteiger partial charge in [0, 0.05) is 12.6 Å². The highest BCUT2D eigenvalue weighted by molar-refractivity contribution is 5.85. The van der Waals surface area contributed by atoms with Crippen LogP contribution in [0.15, 0.2) is 42.5 Å². The maximum atomic E-state index is 3.78. The van der Waals surface area contributed by atoms with Crippen LogP contribution in [-0.2, 0) is 6.54 Å². The van der Waals surface area contributed by atoms with Crippen molar-refractivity contribution in [2.24, 2.45) is 5.92 Å². The van der Waals surface area contributed by atoms with Gasteiger partial charge in [-0.1, -0.05) is 62.2 Å². The zero-order chi connectivity index (χ0) is 13.1. The standard InChI is InChI=1S/C18H23N/c1-14-7-2-5-12-18(14)19-13-16-10-6-9-15-8-3-4-11-17(15)16/h3-4,6,8-11,14,18-19H,2,5,7,12-13H2,1H3. The molecule has 0 spiro atoms. The van der Waals surface area contributed by atoms with Crippen molar-refractivity contribution in [3.8, 4) is 0 Å². The summed E-state index contributed by atoms with van der Waals surface area (Å²) in [7, 11) is 0. The predicted octanol–water partition coefficient (Wildman–Crippen LogP) is 4.51. The molecule has 1 N–H and O–H groups in total. The number of fused-ring (bicyclic) bond motifs is 1. The van der Waals surface area contributed by atoms with Crippen LogP contribution in [0.25, 0.3) is 10.8 Å².